The number of ether oxygens (including phenoxy) is 4. The van der Waals surface area contributed by atoms with Crippen LogP contribution in [0, 0.1) is 0 Å². The van der Waals surface area contributed by atoms with Crippen molar-refractivity contribution < 1.29 is 24.1 Å². The number of rotatable bonds is 13. The van der Waals surface area contributed by atoms with Crippen molar-refractivity contribution in [3.05, 3.63) is 131 Å². The van der Waals surface area contributed by atoms with Gasteiger partial charge in [0.05, 0.1) is 26.4 Å². The van der Waals surface area contributed by atoms with Crippen molar-refractivity contribution in [1.29, 1.82) is 0 Å². The van der Waals surface area contributed by atoms with Gasteiger partial charge in [-0.1, -0.05) is 104 Å². The normalized spacial score (nSPS) is 22.9. The fourth-order valence-electron chi connectivity index (χ4n) is 6.86. The molecule has 1 unspecified atom stereocenters. The number of hydrogen-bond donors (Lipinski definition) is 1. The van der Waals surface area contributed by atoms with E-state index in [2.05, 4.69) is 15.0 Å². The lowest BCUT2D eigenvalue weighted by atomic mass is 10.0. The molecule has 5 aromatic rings. The van der Waals surface area contributed by atoms with Crippen molar-refractivity contribution in [2.24, 2.45) is 0 Å². The minimum absolute atomic E-state index is 0.0720. The zero-order chi connectivity index (χ0) is 32.9. The molecular formula is C38H41ClN4O5. The second kappa shape index (κ2) is 14.7. The van der Waals surface area contributed by atoms with Gasteiger partial charge in [0.2, 0.25) is 11.1 Å². The Morgan fingerprint density at radius 1 is 0.833 bits per heavy atom. The van der Waals surface area contributed by atoms with Crippen LogP contribution in [0.25, 0.3) is 5.52 Å². The van der Waals surface area contributed by atoms with Crippen LogP contribution in [0.1, 0.15) is 48.1 Å². The van der Waals surface area contributed by atoms with E-state index in [0.717, 1.165) is 29.5 Å². The zero-order valence-electron chi connectivity index (χ0n) is 27.0. The van der Waals surface area contributed by atoms with Gasteiger partial charge in [0.15, 0.2) is 5.82 Å². The van der Waals surface area contributed by atoms with E-state index < -0.39 is 24.1 Å². The van der Waals surface area contributed by atoms with Gasteiger partial charge in [-0.2, -0.15) is 4.98 Å². The van der Waals surface area contributed by atoms with Gasteiger partial charge < -0.3 is 29.0 Å². The van der Waals surface area contributed by atoms with Gasteiger partial charge in [-0.05, 0) is 53.3 Å². The van der Waals surface area contributed by atoms with Crippen LogP contribution in [0.5, 0.6) is 0 Å². The molecule has 4 atom stereocenters. The van der Waals surface area contributed by atoms with E-state index in [1.54, 1.807) is 4.52 Å². The number of aliphatic hydroxyl groups is 1. The lowest BCUT2D eigenvalue weighted by Gasteiger charge is -2.31. The molecule has 1 saturated carbocycles. The van der Waals surface area contributed by atoms with E-state index in [-0.39, 0.29) is 18.5 Å². The van der Waals surface area contributed by atoms with Crippen molar-refractivity contribution >= 4 is 22.9 Å². The SMILES string of the molecule is CN(c1nc(Cl)nn2c(C3(O)O[C@H](COCc4ccccc4)[C@@H](OCc4ccccc4)[C@H]3OCc3ccccc3)ccc12)C1CCCC1. The molecule has 0 radical (unpaired) electrons. The summed E-state index contributed by atoms with van der Waals surface area (Å²) in [5.41, 5.74) is 4.07. The highest BCUT2D eigenvalue weighted by Gasteiger charge is 2.58. The molecule has 9 nitrogen and oxygen atoms in total. The number of nitrogens with zero attached hydrogens (tertiary/aromatic N) is 4. The maximum Gasteiger partial charge on any atom is 0.243 e. The van der Waals surface area contributed by atoms with E-state index in [4.69, 9.17) is 30.5 Å². The molecule has 7 rings (SSSR count). The Balaban J connectivity index is 1.25. The Morgan fingerprint density at radius 2 is 1.42 bits per heavy atom. The van der Waals surface area contributed by atoms with E-state index in [1.165, 1.54) is 12.8 Å². The molecule has 250 valence electrons. The second-order valence-electron chi connectivity index (χ2n) is 12.6. The predicted octanol–water partition coefficient (Wildman–Crippen LogP) is 6.69. The van der Waals surface area contributed by atoms with Crippen LogP contribution in [-0.2, 0) is 44.6 Å². The number of anilines is 1. The summed E-state index contributed by atoms with van der Waals surface area (Å²) >= 11 is 6.57. The molecule has 0 bridgehead atoms. The fourth-order valence-corrected chi connectivity index (χ4v) is 7.02. The third-order valence-electron chi connectivity index (χ3n) is 9.37. The Hall–Kier alpha value is -3.83. The second-order valence-corrected chi connectivity index (χ2v) is 12.9. The van der Waals surface area contributed by atoms with Crippen LogP contribution < -0.4 is 4.90 Å². The molecule has 2 fully saturated rings. The molecule has 48 heavy (non-hydrogen) atoms. The summed E-state index contributed by atoms with van der Waals surface area (Å²) in [4.78, 5) is 6.80. The molecule has 3 aromatic carbocycles. The number of hydrogen-bond acceptors (Lipinski definition) is 8. The van der Waals surface area contributed by atoms with Crippen LogP contribution >= 0.6 is 11.6 Å². The number of benzene rings is 3. The third-order valence-corrected chi connectivity index (χ3v) is 9.53. The van der Waals surface area contributed by atoms with Crippen LogP contribution in [0.15, 0.2) is 103 Å². The summed E-state index contributed by atoms with van der Waals surface area (Å²) in [6.07, 6.45) is 2.22. The minimum atomic E-state index is -1.97. The molecule has 1 aliphatic heterocycles. The molecule has 0 spiro atoms. The highest BCUT2D eigenvalue weighted by atomic mass is 35.5. The van der Waals surface area contributed by atoms with Crippen molar-refractivity contribution in [1.82, 2.24) is 14.6 Å². The Kier molecular flexibility index (Phi) is 10.0. The van der Waals surface area contributed by atoms with Gasteiger partial charge in [-0.15, -0.1) is 5.10 Å². The predicted molar refractivity (Wildman–Crippen MR) is 184 cm³/mol. The molecule has 1 N–H and O–H groups in total. The molecule has 0 amide bonds. The third kappa shape index (κ3) is 6.98. The van der Waals surface area contributed by atoms with Crippen molar-refractivity contribution in [3.63, 3.8) is 0 Å². The standard InChI is InChI=1S/C38H41ClN4O5/c1-42(30-19-11-12-20-30)36-31-21-22-33(43(31)41-37(39)40-36)38(44)35(47-25-29-17-9-4-10-18-29)34(46-24-28-15-7-3-8-16-28)32(48-38)26-45-23-27-13-5-2-6-14-27/h2-10,13-18,21-22,30,32,34-35,44H,11-12,19-20,23-26H2,1H3/t32-,34-,35-,38?/m1/s1. The average Bonchev–Trinajstić information content (AvgIpc) is 3.86. The molecule has 10 heteroatoms. The summed E-state index contributed by atoms with van der Waals surface area (Å²) in [7, 11) is 2.04. The van der Waals surface area contributed by atoms with Gasteiger partial charge in [-0.25, -0.2) is 4.52 Å². The van der Waals surface area contributed by atoms with E-state index in [9.17, 15) is 5.11 Å². The molecule has 3 heterocycles. The molecule has 2 aliphatic rings. The monoisotopic (exact) mass is 668 g/mol. The van der Waals surface area contributed by atoms with Crippen molar-refractivity contribution in [2.45, 2.75) is 75.6 Å². The fraction of sp³-hybridized carbons (Fsp3) is 0.368. The van der Waals surface area contributed by atoms with Gasteiger partial charge >= 0.3 is 0 Å². The average molecular weight is 669 g/mol. The summed E-state index contributed by atoms with van der Waals surface area (Å²) in [6.45, 7) is 1.07. The number of halogens is 1. The van der Waals surface area contributed by atoms with Crippen LogP contribution in [-0.4, -0.2) is 57.7 Å². The maximum atomic E-state index is 12.8. The lowest BCUT2D eigenvalue weighted by molar-refractivity contribution is -0.255. The largest absolute Gasteiger partial charge is 0.374 e. The van der Waals surface area contributed by atoms with Gasteiger partial charge in [0, 0.05) is 13.1 Å². The summed E-state index contributed by atoms with van der Waals surface area (Å²) in [6, 6.07) is 33.8. The van der Waals surface area contributed by atoms with E-state index in [1.807, 2.05) is 110 Å². The summed E-state index contributed by atoms with van der Waals surface area (Å²) in [5.74, 6) is -1.26. The first-order valence-electron chi connectivity index (χ1n) is 16.6. The molecular weight excluding hydrogens is 628 g/mol. The zero-order valence-corrected chi connectivity index (χ0v) is 27.8. The van der Waals surface area contributed by atoms with Gasteiger partial charge in [0.1, 0.15) is 29.5 Å². The Morgan fingerprint density at radius 3 is 2.04 bits per heavy atom. The molecule has 1 aliphatic carbocycles. The van der Waals surface area contributed by atoms with Crippen molar-refractivity contribution in [3.8, 4) is 0 Å². The van der Waals surface area contributed by atoms with Crippen LogP contribution in [0.3, 0.4) is 0 Å². The van der Waals surface area contributed by atoms with Crippen LogP contribution in [0.4, 0.5) is 5.82 Å². The van der Waals surface area contributed by atoms with Crippen molar-refractivity contribution in [2.75, 3.05) is 18.6 Å². The first kappa shape index (κ1) is 32.7. The Bertz CT molecular complexity index is 1770. The highest BCUT2D eigenvalue weighted by molar-refractivity contribution is 6.28. The maximum absolute atomic E-state index is 12.8. The molecule has 2 aromatic heterocycles. The first-order chi connectivity index (χ1) is 23.5. The van der Waals surface area contributed by atoms with E-state index in [0.29, 0.717) is 36.3 Å². The van der Waals surface area contributed by atoms with Gasteiger partial charge in [-0.3, -0.25) is 0 Å². The highest BCUT2D eigenvalue weighted by Crippen LogP contribution is 2.43. The first-order valence-corrected chi connectivity index (χ1v) is 17.0. The summed E-state index contributed by atoms with van der Waals surface area (Å²) < 4.78 is 27.7. The minimum Gasteiger partial charge on any atom is -0.374 e. The number of aromatic nitrogens is 3. The van der Waals surface area contributed by atoms with Gasteiger partial charge in [0.25, 0.3) is 0 Å². The topological polar surface area (TPSA) is 90.6 Å². The smallest absolute Gasteiger partial charge is 0.243 e. The quantitative estimate of drug-likeness (QED) is 0.148. The Labute approximate surface area is 286 Å². The van der Waals surface area contributed by atoms with Crippen LogP contribution in [0.2, 0.25) is 5.28 Å². The molecule has 1 saturated heterocycles. The lowest BCUT2D eigenvalue weighted by Crippen LogP contribution is -2.45. The number of fused-ring (bicyclic) bond motifs is 1. The summed E-state index contributed by atoms with van der Waals surface area (Å²) in [5, 5.41) is 17.4. The van der Waals surface area contributed by atoms with E-state index >= 15 is 0 Å².